The number of likely N-dealkylation sites (N-methyl/N-ethyl adjacent to an activating group) is 3. The SMILES string of the molecule is CC[C@H](C)[C@@H]([C@@H](CC(=O)N1CCC[C@H]1[C@H](OC)[C@@H](C)C(=O)N[C@H](C)[C@@H](O)c1ccccc1)OC)N(C)C(=O)[C@@H](NC(=O)[C@H](C(C)C)N(C)C(=O)OCc1ccc(O[C@@H]2O[C@H](C(=O)O)[C@@H](O)[C@H](O)[C@H]2O)c(NC(=O)CCNC(=O)C2(N3C(=O)C=CC3=O)CN(CC)C2)c1)C(C)C. The van der Waals surface area contributed by atoms with Crippen molar-refractivity contribution in [2.24, 2.45) is 23.7 Å². The van der Waals surface area contributed by atoms with Gasteiger partial charge in [-0.15, -0.1) is 0 Å². The molecule has 9 N–H and O–H groups in total. The van der Waals surface area contributed by atoms with Crippen molar-refractivity contribution in [1.29, 1.82) is 0 Å². The summed E-state index contributed by atoms with van der Waals surface area (Å²) in [5, 5.41) is 63.3. The van der Waals surface area contributed by atoms with Gasteiger partial charge in [0.05, 0.1) is 54.5 Å². The molecule has 4 heterocycles. The average Bonchev–Trinajstić information content (AvgIpc) is 1.73. The third-order valence-electron chi connectivity index (χ3n) is 18.5. The first-order valence-corrected chi connectivity index (χ1v) is 32.3. The summed E-state index contributed by atoms with van der Waals surface area (Å²) in [5.41, 5.74) is -0.821. The lowest BCUT2D eigenvalue weighted by Crippen LogP contribution is -2.77. The average molecular weight is 1340 g/mol. The Kier molecular flexibility index (Phi) is 27.2. The number of carboxylic acid groups (broad SMARTS) is 1. The second-order valence-corrected chi connectivity index (χ2v) is 25.7. The van der Waals surface area contributed by atoms with E-state index in [0.29, 0.717) is 37.9 Å². The first-order valence-electron chi connectivity index (χ1n) is 32.3. The minimum Gasteiger partial charge on any atom is -0.479 e. The summed E-state index contributed by atoms with van der Waals surface area (Å²) < 4.78 is 28.9. The van der Waals surface area contributed by atoms with Gasteiger partial charge in [0.15, 0.2) is 11.6 Å². The van der Waals surface area contributed by atoms with Crippen molar-refractivity contribution in [1.82, 2.24) is 40.4 Å². The van der Waals surface area contributed by atoms with Gasteiger partial charge in [-0.2, -0.15) is 0 Å². The number of nitrogens with zero attached hydrogens (tertiary/aromatic N) is 5. The Labute approximate surface area is 554 Å². The highest BCUT2D eigenvalue weighted by Gasteiger charge is 2.57. The molecule has 0 radical (unpaired) electrons. The number of anilines is 1. The molecule has 3 fully saturated rings. The van der Waals surface area contributed by atoms with Crippen molar-refractivity contribution in [2.75, 3.05) is 66.4 Å². The van der Waals surface area contributed by atoms with Crippen molar-refractivity contribution in [3.63, 3.8) is 0 Å². The molecular formula is C66H97N9O20. The number of hydrogen-bond acceptors (Lipinski definition) is 20. The van der Waals surface area contributed by atoms with Gasteiger partial charge in [0.25, 0.3) is 11.8 Å². The van der Waals surface area contributed by atoms with E-state index in [4.69, 9.17) is 23.7 Å². The van der Waals surface area contributed by atoms with E-state index < -0.39 is 163 Å². The smallest absolute Gasteiger partial charge is 0.410 e. The summed E-state index contributed by atoms with van der Waals surface area (Å²) >= 11 is 0. The normalized spacial score (nSPS) is 23.1. The van der Waals surface area contributed by atoms with Crippen molar-refractivity contribution in [3.05, 3.63) is 71.8 Å². The van der Waals surface area contributed by atoms with E-state index in [2.05, 4.69) is 21.3 Å². The molecule has 0 unspecified atom stereocenters. The summed E-state index contributed by atoms with van der Waals surface area (Å²) in [6.07, 6.45) is -10.1. The number of rotatable bonds is 32. The summed E-state index contributed by atoms with van der Waals surface area (Å²) in [6, 6.07) is 8.79. The number of imide groups is 1. The van der Waals surface area contributed by atoms with Crippen LogP contribution < -0.4 is 26.0 Å². The Hall–Kier alpha value is -7.64. The third kappa shape index (κ3) is 17.9. The van der Waals surface area contributed by atoms with Gasteiger partial charge < -0.3 is 80.3 Å². The van der Waals surface area contributed by atoms with Crippen LogP contribution in [0.1, 0.15) is 112 Å². The van der Waals surface area contributed by atoms with E-state index in [1.165, 1.54) is 44.4 Å². The number of aliphatic hydroxyl groups excluding tert-OH is 4. The van der Waals surface area contributed by atoms with Gasteiger partial charge in [0.1, 0.15) is 42.8 Å². The standard InChI is InChI=1S/C66H97N9O20/c1-14-37(7)52(45(91-12)31-49(79)74-29-19-22-43(74)57(92-13)38(8)59(84)68-39(9)53(80)41-20-17-16-18-21-41)71(10)61(86)50(35(3)4)70-60(85)51(36(5)6)72(11)65(90)93-32-40-23-24-44(94-63-56(83)54(81)55(82)58(95-63)62(87)88)42(30-40)69-46(76)27-28-67-64(89)66(33-73(15-2)34-66)75-47(77)25-26-48(75)78/h16-18,20-21,23-26,30,35-39,43,45,50-58,63,80-83H,14-15,19,22,27-29,31-34H2,1-13H3,(H,67,89)(H,68,84)(H,69,76)(H,70,85)(H,87,88)/t37-,38+,39+,43-,45+,50-,51-,52-,53+,54-,55-,56+,57+,58-,63+/m0/s1. The number of methoxy groups -OCH3 is 2. The molecule has 4 aliphatic rings. The van der Waals surface area contributed by atoms with Crippen molar-refractivity contribution in [3.8, 4) is 5.75 Å². The van der Waals surface area contributed by atoms with Gasteiger partial charge >= 0.3 is 12.1 Å². The minimum atomic E-state index is -2.05. The third-order valence-corrected chi connectivity index (χ3v) is 18.5. The fourth-order valence-electron chi connectivity index (χ4n) is 12.9. The molecule has 0 aromatic heterocycles. The number of benzene rings is 2. The molecule has 0 aliphatic carbocycles. The fourth-order valence-corrected chi connectivity index (χ4v) is 12.9. The maximum absolute atomic E-state index is 14.9. The van der Waals surface area contributed by atoms with Gasteiger partial charge in [-0.1, -0.05) is 98.2 Å². The second kappa shape index (κ2) is 33.8. The van der Waals surface area contributed by atoms with Crippen LogP contribution in [0.25, 0.3) is 0 Å². The van der Waals surface area contributed by atoms with Crippen LogP contribution in [0.4, 0.5) is 10.5 Å². The molecule has 0 bridgehead atoms. The lowest BCUT2D eigenvalue weighted by molar-refractivity contribution is -0.271. The number of carbonyl (C=O) groups is 10. The highest BCUT2D eigenvalue weighted by molar-refractivity contribution is 6.16. The zero-order valence-electron chi connectivity index (χ0n) is 56.5. The molecule has 2 aromatic carbocycles. The Balaban J connectivity index is 1.13. The Morgan fingerprint density at radius 3 is 2.04 bits per heavy atom. The summed E-state index contributed by atoms with van der Waals surface area (Å²) in [5.74, 6) is -8.44. The van der Waals surface area contributed by atoms with E-state index in [9.17, 15) is 73.5 Å². The van der Waals surface area contributed by atoms with E-state index in [1.807, 2.05) is 31.7 Å². The largest absolute Gasteiger partial charge is 0.479 e. The number of ether oxygens (including phenoxy) is 5. The number of nitrogens with one attached hydrogen (secondary N) is 4. The first kappa shape index (κ1) is 76.4. The zero-order chi connectivity index (χ0) is 70.5. The van der Waals surface area contributed by atoms with Crippen LogP contribution in [-0.4, -0.2) is 249 Å². The first-order chi connectivity index (χ1) is 44.9. The maximum Gasteiger partial charge on any atom is 0.410 e. The molecule has 9 amide bonds. The quantitative estimate of drug-likeness (QED) is 0.0466. The van der Waals surface area contributed by atoms with E-state index in [-0.39, 0.29) is 60.8 Å². The summed E-state index contributed by atoms with van der Waals surface area (Å²) in [7, 11) is 5.90. The van der Waals surface area contributed by atoms with Gasteiger partial charge in [-0.05, 0) is 67.3 Å². The van der Waals surface area contributed by atoms with E-state index >= 15 is 0 Å². The number of likely N-dealkylation sites (tertiary alicyclic amines) is 2. The number of amides is 9. The monoisotopic (exact) mass is 1340 g/mol. The molecule has 29 heteroatoms. The Bertz CT molecular complexity index is 3060. The van der Waals surface area contributed by atoms with E-state index in [1.54, 1.807) is 77.8 Å². The van der Waals surface area contributed by atoms with Crippen LogP contribution in [0.5, 0.6) is 5.75 Å². The van der Waals surface area contributed by atoms with Gasteiger partial charge in [0.2, 0.25) is 41.7 Å². The lowest BCUT2D eigenvalue weighted by Gasteiger charge is -2.52. The van der Waals surface area contributed by atoms with Crippen LogP contribution in [0.15, 0.2) is 60.7 Å². The van der Waals surface area contributed by atoms with Crippen LogP contribution in [0, 0.1) is 23.7 Å². The number of aliphatic hydroxyl groups is 4. The van der Waals surface area contributed by atoms with Gasteiger partial charge in [-0.25, -0.2) is 9.59 Å². The Morgan fingerprint density at radius 2 is 1.46 bits per heavy atom. The highest BCUT2D eigenvalue weighted by Crippen LogP contribution is 2.35. The van der Waals surface area contributed by atoms with Crippen LogP contribution >= 0.6 is 0 Å². The van der Waals surface area contributed by atoms with Crippen LogP contribution in [0.2, 0.25) is 0 Å². The minimum absolute atomic E-state index is 0.0680. The van der Waals surface area contributed by atoms with Crippen molar-refractivity contribution in [2.45, 2.75) is 186 Å². The molecular weight excluding hydrogens is 1240 g/mol. The molecule has 2 aromatic rings. The molecule has 3 saturated heterocycles. The predicted molar refractivity (Wildman–Crippen MR) is 342 cm³/mol. The van der Waals surface area contributed by atoms with Gasteiger partial charge in [0, 0.05) is 73.1 Å². The topological polar surface area (TPSA) is 382 Å². The Morgan fingerprint density at radius 1 is 0.811 bits per heavy atom. The summed E-state index contributed by atoms with van der Waals surface area (Å²) in [4.78, 5) is 143. The molecule has 4 aliphatic heterocycles. The molecule has 15 atom stereocenters. The fraction of sp³-hybridized carbons (Fsp3) is 0.636. The number of carbonyl (C=O) groups excluding carboxylic acids is 9. The predicted octanol–water partition coefficient (Wildman–Crippen LogP) is 1.29. The van der Waals surface area contributed by atoms with Crippen LogP contribution in [-0.2, 0) is 68.7 Å². The zero-order valence-corrected chi connectivity index (χ0v) is 56.5. The molecule has 6 rings (SSSR count). The highest BCUT2D eigenvalue weighted by atomic mass is 16.7. The lowest BCUT2D eigenvalue weighted by atomic mass is 9.86. The molecule has 0 saturated carbocycles. The summed E-state index contributed by atoms with van der Waals surface area (Å²) in [6.45, 7) is 16.4. The van der Waals surface area contributed by atoms with Crippen LogP contribution in [0.3, 0.4) is 0 Å². The second-order valence-electron chi connectivity index (χ2n) is 25.7. The van der Waals surface area contributed by atoms with Crippen molar-refractivity contribution >= 4 is 65.0 Å². The number of aliphatic carboxylic acids is 1. The molecule has 0 spiro atoms. The molecule has 29 nitrogen and oxygen atoms in total. The number of carboxylic acids is 1. The molecule has 526 valence electrons. The van der Waals surface area contributed by atoms with E-state index in [0.717, 1.165) is 22.0 Å². The number of hydrogen-bond donors (Lipinski definition) is 9. The van der Waals surface area contributed by atoms with Gasteiger partial charge in [-0.3, -0.25) is 53.1 Å². The molecule has 95 heavy (non-hydrogen) atoms. The van der Waals surface area contributed by atoms with Crippen molar-refractivity contribution < 1.29 is 97.2 Å². The maximum atomic E-state index is 14.9.